The van der Waals surface area contributed by atoms with Crippen molar-refractivity contribution in [3.63, 3.8) is 0 Å². The maximum absolute atomic E-state index is 12.1. The van der Waals surface area contributed by atoms with Crippen LogP contribution in [0.15, 0.2) is 57.9 Å². The summed E-state index contributed by atoms with van der Waals surface area (Å²) in [4.78, 5) is 11.9. The second-order valence-corrected chi connectivity index (χ2v) is 8.30. The number of hydrogen-bond acceptors (Lipinski definition) is 4. The van der Waals surface area contributed by atoms with Gasteiger partial charge >= 0.3 is 0 Å². The van der Waals surface area contributed by atoms with Crippen LogP contribution in [0.4, 0.5) is 0 Å². The van der Waals surface area contributed by atoms with Crippen molar-refractivity contribution >= 4 is 31.9 Å². The second kappa shape index (κ2) is 9.70. The van der Waals surface area contributed by atoms with Gasteiger partial charge in [-0.3, -0.25) is 4.79 Å². The van der Waals surface area contributed by atoms with Gasteiger partial charge in [-0.15, -0.1) is 0 Å². The van der Waals surface area contributed by atoms with E-state index < -0.39 is 10.0 Å². The Kier molecular flexibility index (Phi) is 7.62. The molecule has 0 bridgehead atoms. The number of halogens is 1. The number of sulfonamides is 1. The molecule has 0 aromatic heterocycles. The molecule has 8 heteroatoms. The largest absolute Gasteiger partial charge is 0.492 e. The summed E-state index contributed by atoms with van der Waals surface area (Å²) < 4.78 is 32.9. The molecule has 2 N–H and O–H groups in total. The third kappa shape index (κ3) is 6.78. The first-order valence-corrected chi connectivity index (χ1v) is 10.4. The van der Waals surface area contributed by atoms with Crippen molar-refractivity contribution in [1.29, 1.82) is 0 Å². The number of hydrogen-bond donors (Lipinski definition) is 2. The van der Waals surface area contributed by atoms with Gasteiger partial charge in [-0.2, -0.15) is 0 Å². The summed E-state index contributed by atoms with van der Waals surface area (Å²) in [6.07, 6.45) is 0.0533. The average molecular weight is 441 g/mol. The van der Waals surface area contributed by atoms with Gasteiger partial charge in [0.25, 0.3) is 0 Å². The fraction of sp³-hybridized carbons (Fsp3) is 0.278. The minimum absolute atomic E-state index is 0.0272. The molecule has 2 aromatic carbocycles. The zero-order valence-corrected chi connectivity index (χ0v) is 16.8. The van der Waals surface area contributed by atoms with E-state index in [0.717, 1.165) is 11.3 Å². The molecule has 140 valence electrons. The molecule has 0 aliphatic heterocycles. The predicted octanol–water partition coefficient (Wildman–Crippen LogP) is 2.62. The van der Waals surface area contributed by atoms with Gasteiger partial charge in [0, 0.05) is 17.4 Å². The highest BCUT2D eigenvalue weighted by Gasteiger charge is 2.14. The summed E-state index contributed by atoms with van der Waals surface area (Å²) in [7, 11) is -3.63. The van der Waals surface area contributed by atoms with Crippen LogP contribution in [-0.4, -0.2) is 34.0 Å². The number of amides is 1. The zero-order chi connectivity index (χ0) is 19.0. The molecule has 0 unspecified atom stereocenters. The first-order valence-electron chi connectivity index (χ1n) is 8.08. The lowest BCUT2D eigenvalue weighted by atomic mass is 10.2. The normalized spacial score (nSPS) is 11.2. The molecule has 0 aliphatic carbocycles. The number of aryl methyl sites for hydroxylation is 1. The van der Waals surface area contributed by atoms with E-state index in [1.165, 1.54) is 12.1 Å². The summed E-state index contributed by atoms with van der Waals surface area (Å²) in [6, 6.07) is 14.0. The summed E-state index contributed by atoms with van der Waals surface area (Å²) >= 11 is 3.23. The Morgan fingerprint density at radius 2 is 1.88 bits per heavy atom. The molecule has 6 nitrogen and oxygen atoms in total. The van der Waals surface area contributed by atoms with Gasteiger partial charge in [-0.25, -0.2) is 13.1 Å². The molecule has 0 fully saturated rings. The van der Waals surface area contributed by atoms with Crippen molar-refractivity contribution in [2.45, 2.75) is 18.2 Å². The number of ether oxygens (including phenoxy) is 1. The highest BCUT2D eigenvalue weighted by Crippen LogP contribution is 2.15. The van der Waals surface area contributed by atoms with E-state index in [1.807, 2.05) is 31.2 Å². The fourth-order valence-electron chi connectivity index (χ4n) is 2.17. The van der Waals surface area contributed by atoms with Crippen LogP contribution in [-0.2, 0) is 14.8 Å². The lowest BCUT2D eigenvalue weighted by Crippen LogP contribution is -2.32. The van der Waals surface area contributed by atoms with Gasteiger partial charge in [0.05, 0.1) is 11.4 Å². The average Bonchev–Trinajstić information content (AvgIpc) is 2.59. The van der Waals surface area contributed by atoms with Crippen LogP contribution in [0.3, 0.4) is 0 Å². The molecular formula is C18H21BrN2O4S. The third-order valence-corrected chi connectivity index (χ3v) is 5.38. The summed E-state index contributed by atoms with van der Waals surface area (Å²) in [6.45, 7) is 2.70. The third-order valence-electron chi connectivity index (χ3n) is 3.43. The van der Waals surface area contributed by atoms with Crippen LogP contribution < -0.4 is 14.8 Å². The number of nitrogens with one attached hydrogen (secondary N) is 2. The highest BCUT2D eigenvalue weighted by molar-refractivity contribution is 9.10. The van der Waals surface area contributed by atoms with Crippen molar-refractivity contribution in [1.82, 2.24) is 10.0 Å². The van der Waals surface area contributed by atoms with E-state index in [4.69, 9.17) is 4.74 Å². The maximum Gasteiger partial charge on any atom is 0.240 e. The fourth-order valence-corrected chi connectivity index (χ4v) is 3.80. The predicted molar refractivity (Wildman–Crippen MR) is 104 cm³/mol. The Labute approximate surface area is 162 Å². The van der Waals surface area contributed by atoms with E-state index in [2.05, 4.69) is 26.0 Å². The minimum Gasteiger partial charge on any atom is -0.492 e. The Balaban J connectivity index is 1.67. The molecule has 2 rings (SSSR count). The molecule has 0 heterocycles. The monoisotopic (exact) mass is 440 g/mol. The zero-order valence-electron chi connectivity index (χ0n) is 14.4. The van der Waals surface area contributed by atoms with Gasteiger partial charge in [-0.1, -0.05) is 34.1 Å². The van der Waals surface area contributed by atoms with E-state index in [0.29, 0.717) is 17.6 Å². The van der Waals surface area contributed by atoms with Gasteiger partial charge in [0.1, 0.15) is 12.4 Å². The quantitative estimate of drug-likeness (QED) is 0.586. The first kappa shape index (κ1) is 20.4. The molecular weight excluding hydrogens is 420 g/mol. The lowest BCUT2D eigenvalue weighted by Gasteiger charge is -2.09. The van der Waals surface area contributed by atoms with Crippen LogP contribution in [0, 0.1) is 6.92 Å². The molecule has 2 aromatic rings. The Morgan fingerprint density at radius 3 is 2.62 bits per heavy atom. The molecule has 0 atom stereocenters. The first-order chi connectivity index (χ1) is 12.4. The molecule has 0 spiro atoms. The van der Waals surface area contributed by atoms with Gasteiger partial charge in [0.2, 0.25) is 15.9 Å². The number of benzene rings is 2. The number of carbonyl (C=O) groups is 1. The number of rotatable bonds is 9. The molecule has 0 saturated heterocycles. The Hall–Kier alpha value is -1.90. The van der Waals surface area contributed by atoms with Crippen molar-refractivity contribution < 1.29 is 17.9 Å². The van der Waals surface area contributed by atoms with E-state index >= 15 is 0 Å². The van der Waals surface area contributed by atoms with Gasteiger partial charge in [-0.05, 0) is 42.8 Å². The van der Waals surface area contributed by atoms with E-state index in [1.54, 1.807) is 12.1 Å². The van der Waals surface area contributed by atoms with Crippen molar-refractivity contribution in [2.75, 3.05) is 19.7 Å². The SMILES string of the molecule is Cc1cccc(OCCNC(=O)CCNS(=O)(=O)c2cccc(Br)c2)c1. The maximum atomic E-state index is 12.1. The second-order valence-electron chi connectivity index (χ2n) is 5.62. The molecule has 0 radical (unpaired) electrons. The van der Waals surface area contributed by atoms with Gasteiger partial charge in [0.15, 0.2) is 0 Å². The Bertz CT molecular complexity index is 856. The van der Waals surface area contributed by atoms with Crippen LogP contribution >= 0.6 is 15.9 Å². The summed E-state index contributed by atoms with van der Waals surface area (Å²) in [5, 5.41) is 2.70. The molecule has 26 heavy (non-hydrogen) atoms. The van der Waals surface area contributed by atoms with Crippen LogP contribution in [0.2, 0.25) is 0 Å². The lowest BCUT2D eigenvalue weighted by molar-refractivity contribution is -0.121. The molecule has 1 amide bonds. The molecule has 0 saturated carbocycles. The van der Waals surface area contributed by atoms with Crippen molar-refractivity contribution in [3.05, 3.63) is 58.6 Å². The van der Waals surface area contributed by atoms with Crippen molar-refractivity contribution in [2.24, 2.45) is 0 Å². The summed E-state index contributed by atoms with van der Waals surface area (Å²) in [5.74, 6) is 0.510. The summed E-state index contributed by atoms with van der Waals surface area (Å²) in [5.41, 5.74) is 1.10. The Morgan fingerprint density at radius 1 is 1.12 bits per heavy atom. The van der Waals surface area contributed by atoms with Crippen LogP contribution in [0.1, 0.15) is 12.0 Å². The van der Waals surface area contributed by atoms with Crippen molar-refractivity contribution in [3.8, 4) is 5.75 Å². The topological polar surface area (TPSA) is 84.5 Å². The number of carbonyl (C=O) groups excluding carboxylic acids is 1. The standard InChI is InChI=1S/C18H21BrN2O4S/c1-14-4-2-6-16(12-14)25-11-10-20-18(22)8-9-21-26(23,24)17-7-3-5-15(19)13-17/h2-7,12-13,21H,8-11H2,1H3,(H,20,22). The molecule has 0 aliphatic rings. The van der Waals surface area contributed by atoms with Crippen LogP contribution in [0.25, 0.3) is 0 Å². The van der Waals surface area contributed by atoms with Crippen LogP contribution in [0.5, 0.6) is 5.75 Å². The highest BCUT2D eigenvalue weighted by atomic mass is 79.9. The van der Waals surface area contributed by atoms with E-state index in [-0.39, 0.29) is 23.8 Å². The van der Waals surface area contributed by atoms with E-state index in [9.17, 15) is 13.2 Å². The smallest absolute Gasteiger partial charge is 0.240 e. The minimum atomic E-state index is -3.63. The van der Waals surface area contributed by atoms with Gasteiger partial charge < -0.3 is 10.1 Å².